The average Bonchev–Trinajstić information content (AvgIpc) is 0.758. The topological polar surface area (TPSA) is 158 Å². The second-order valence-electron chi connectivity index (χ2n) is 34.7. The molecule has 618 valence electrons. The van der Waals surface area contributed by atoms with Gasteiger partial charge in [-0.2, -0.15) is 0 Å². The van der Waals surface area contributed by atoms with E-state index in [2.05, 4.69) is 204 Å². The number of phenols is 6. The zero-order valence-electron chi connectivity index (χ0n) is 75.1. The molecule has 0 aliphatic heterocycles. The molecule has 4 unspecified atom stereocenters. The first kappa shape index (κ1) is 86.8. The first-order valence-corrected chi connectivity index (χ1v) is 42.4. The molecule has 10 nitrogen and oxygen atoms in total. The highest BCUT2D eigenvalue weighted by Crippen LogP contribution is 2.50. The lowest BCUT2D eigenvalue weighted by Gasteiger charge is -2.29. The summed E-state index contributed by atoms with van der Waals surface area (Å²) in [5.41, 5.74) is 37.5. The molecule has 0 aromatic heterocycles. The molecule has 1 aliphatic rings. The van der Waals surface area contributed by atoms with Gasteiger partial charge in [0.1, 0.15) is 46.0 Å². The van der Waals surface area contributed by atoms with Crippen LogP contribution in [0.4, 0.5) is 0 Å². The Bertz CT molecular complexity index is 5800. The van der Waals surface area contributed by atoms with E-state index in [1.807, 2.05) is 104 Å². The Morgan fingerprint density at radius 1 is 0.263 bits per heavy atom. The van der Waals surface area contributed by atoms with Gasteiger partial charge in [-0.3, -0.25) is 0 Å². The van der Waals surface area contributed by atoms with Crippen LogP contribution in [0.15, 0.2) is 121 Å². The van der Waals surface area contributed by atoms with Gasteiger partial charge in [0.25, 0.3) is 0 Å². The third-order valence-electron chi connectivity index (χ3n) is 27.2. The van der Waals surface area contributed by atoms with Crippen LogP contribution in [0.5, 0.6) is 46.0 Å². The van der Waals surface area contributed by atoms with Crippen molar-refractivity contribution in [3.05, 3.63) is 322 Å². The van der Waals surface area contributed by atoms with Gasteiger partial charge in [0.15, 0.2) is 12.6 Å². The lowest BCUT2D eigenvalue weighted by Crippen LogP contribution is -2.26. The van der Waals surface area contributed by atoms with Gasteiger partial charge in [-0.1, -0.05) is 141 Å². The molecule has 0 heterocycles. The van der Waals surface area contributed by atoms with E-state index in [0.29, 0.717) is 41.1 Å². The quantitative estimate of drug-likeness (QED) is 0.0320. The number of hydrogen-bond donors (Lipinski definition) is 6. The maximum absolute atomic E-state index is 11.1. The van der Waals surface area contributed by atoms with Crippen molar-refractivity contribution >= 4 is 21.5 Å². The summed E-state index contributed by atoms with van der Waals surface area (Å²) in [7, 11) is 0. The number of aryl methyl sites for hydroxylation is 8. The predicted molar refractivity (Wildman–Crippen MR) is 487 cm³/mol. The SMILES string of the molecule is CCOC(C)Oc1c(C)cc(C(c2ccc3cc(C(c4cc(C)c(O)c(C)c4C)c4cc(C)c(O)c(C)c4C)ccc3c2)c2cc(C)c(O)c(C)c2C)c(C)c1C.Cc1cc(C(c2ccc3cc(C(c4cc(C)c(O)c(C)c4C)c4cc(C)c(OC(C)OC5CCCCC5)c(C)c4C)ccc3c2)c2cc(C)c(O)c(C)c2C)c(C)c(C)c1O. The van der Waals surface area contributed by atoms with Crippen LogP contribution >= 0.6 is 0 Å². The highest BCUT2D eigenvalue weighted by atomic mass is 16.7. The van der Waals surface area contributed by atoms with Crippen molar-refractivity contribution in [1.82, 2.24) is 0 Å². The Hall–Kier alpha value is -10.5. The second-order valence-corrected chi connectivity index (χ2v) is 34.7. The summed E-state index contributed by atoms with van der Waals surface area (Å²) in [6.45, 7) is 55.9. The minimum Gasteiger partial charge on any atom is -0.507 e. The van der Waals surface area contributed by atoms with Crippen molar-refractivity contribution in [1.29, 1.82) is 0 Å². The summed E-state index contributed by atoms with van der Waals surface area (Å²) < 4.78 is 25.1. The van der Waals surface area contributed by atoms with E-state index in [-0.39, 0.29) is 42.4 Å². The number of benzene rings is 12. The van der Waals surface area contributed by atoms with E-state index in [0.717, 1.165) is 207 Å². The molecule has 1 aliphatic carbocycles. The molecule has 12 aromatic carbocycles. The molecular weight excluding hydrogens is 1460 g/mol. The number of rotatable bonds is 20. The highest BCUT2D eigenvalue weighted by Gasteiger charge is 2.33. The van der Waals surface area contributed by atoms with Crippen molar-refractivity contribution in [3.63, 3.8) is 0 Å². The molecule has 1 saturated carbocycles. The predicted octanol–water partition coefficient (Wildman–Crippen LogP) is 26.9. The molecule has 4 atom stereocenters. The molecule has 0 radical (unpaired) electrons. The molecule has 10 heteroatoms. The van der Waals surface area contributed by atoms with Crippen LogP contribution in [0, 0.1) is 166 Å². The number of phenolic OH excluding ortho intramolecular Hbond substituents is 6. The number of ether oxygens (including phenoxy) is 4. The molecule has 6 N–H and O–H groups in total. The standard InChI is InChI=1S/C56H66O5.C52H60O5/c1-29-23-47(33(5)37(9)53(29)57)51(48-24-30(2)54(58)38(10)34(48)6)44-21-19-43-28-45(22-20-42(43)27-44)52(49-25-31(3)55(59)39(11)35(49)7)50-26-32(4)56(40(12)36(50)8)61-41(13)60-46-17-15-14-16-18-46;1-15-56-38(14)57-52-29(5)23-46(33(9)37(52)13)48(45-22-28(4)51(55)36(12)32(45)8)42-19-17-39-24-41(18-16-40(39)25-42)47(43-20-26(2)49(53)34(10)30(43)6)44-21-27(3)50(54)35(11)31(44)7/h19-28,41,46,51-52,57-59H,14-18H2,1-13H3;16-25,38,47-48,53-55H,15H2,1-14H3. The molecule has 0 bridgehead atoms. The molecule has 0 spiro atoms. The Morgan fingerprint density at radius 2 is 0.475 bits per heavy atom. The van der Waals surface area contributed by atoms with Crippen molar-refractivity contribution in [2.24, 2.45) is 0 Å². The summed E-state index contributed by atoms with van der Waals surface area (Å²) in [5, 5.41) is 70.3. The maximum atomic E-state index is 11.1. The van der Waals surface area contributed by atoms with Gasteiger partial charge in [0, 0.05) is 30.3 Å². The summed E-state index contributed by atoms with van der Waals surface area (Å²) >= 11 is 0. The van der Waals surface area contributed by atoms with Crippen LogP contribution in [-0.4, -0.2) is 55.9 Å². The molecule has 0 saturated heterocycles. The first-order valence-electron chi connectivity index (χ1n) is 42.4. The summed E-state index contributed by atoms with van der Waals surface area (Å²) in [4.78, 5) is 0. The van der Waals surface area contributed by atoms with Gasteiger partial charge in [-0.25, -0.2) is 0 Å². The van der Waals surface area contributed by atoms with E-state index in [4.69, 9.17) is 18.9 Å². The van der Waals surface area contributed by atoms with E-state index in [1.54, 1.807) is 0 Å². The summed E-state index contributed by atoms with van der Waals surface area (Å²) in [6, 6.07) is 44.7. The highest BCUT2D eigenvalue weighted by molar-refractivity contribution is 5.87. The van der Waals surface area contributed by atoms with Crippen LogP contribution in [0.2, 0.25) is 0 Å². The molecule has 118 heavy (non-hydrogen) atoms. The van der Waals surface area contributed by atoms with E-state index in [1.165, 1.54) is 58.2 Å². The number of aromatic hydroxyl groups is 6. The largest absolute Gasteiger partial charge is 0.507 e. The number of hydrogen-bond acceptors (Lipinski definition) is 10. The third kappa shape index (κ3) is 16.5. The Kier molecular flexibility index (Phi) is 25.6. The lowest BCUT2D eigenvalue weighted by atomic mass is 9.76. The summed E-state index contributed by atoms with van der Waals surface area (Å²) in [6.07, 6.45) is 5.46. The van der Waals surface area contributed by atoms with Crippen LogP contribution in [0.25, 0.3) is 21.5 Å². The fourth-order valence-electron chi connectivity index (χ4n) is 19.0. The van der Waals surface area contributed by atoms with Gasteiger partial charge in [0.2, 0.25) is 0 Å². The van der Waals surface area contributed by atoms with Gasteiger partial charge in [0.05, 0.1) is 6.10 Å². The van der Waals surface area contributed by atoms with Gasteiger partial charge in [-0.15, -0.1) is 0 Å². The van der Waals surface area contributed by atoms with Crippen molar-refractivity contribution in [2.75, 3.05) is 6.61 Å². The Balaban J connectivity index is 0.000000217. The average molecular weight is 1580 g/mol. The Labute approximate surface area is 702 Å². The Morgan fingerprint density at radius 3 is 0.703 bits per heavy atom. The minimum absolute atomic E-state index is 0.103. The molecule has 1 fully saturated rings. The van der Waals surface area contributed by atoms with Crippen LogP contribution in [-0.2, 0) is 9.47 Å². The van der Waals surface area contributed by atoms with Gasteiger partial charge in [-0.05, 0) is 422 Å². The lowest BCUT2D eigenvalue weighted by molar-refractivity contribution is -0.117. The van der Waals surface area contributed by atoms with Crippen molar-refractivity contribution in [3.8, 4) is 46.0 Å². The normalized spacial score (nSPS) is 13.7. The summed E-state index contributed by atoms with van der Waals surface area (Å²) in [5.74, 6) is 3.34. The number of fused-ring (bicyclic) bond motifs is 2. The van der Waals surface area contributed by atoms with E-state index in [9.17, 15) is 30.6 Å². The molecular formula is C108H126O10. The van der Waals surface area contributed by atoms with Crippen molar-refractivity contribution < 1.29 is 49.6 Å². The monoisotopic (exact) mass is 1580 g/mol. The van der Waals surface area contributed by atoms with E-state index < -0.39 is 0 Å². The van der Waals surface area contributed by atoms with Crippen molar-refractivity contribution in [2.45, 2.75) is 261 Å². The maximum Gasteiger partial charge on any atom is 0.197 e. The fourth-order valence-corrected chi connectivity index (χ4v) is 19.0. The fraction of sp³-hybridized carbons (Fsp3) is 0.370. The smallest absolute Gasteiger partial charge is 0.197 e. The molecule has 13 rings (SSSR count). The molecule has 12 aromatic rings. The third-order valence-corrected chi connectivity index (χ3v) is 27.2. The second kappa shape index (κ2) is 34.8. The van der Waals surface area contributed by atoms with Crippen LogP contribution in [0.3, 0.4) is 0 Å². The minimum atomic E-state index is -0.361. The van der Waals surface area contributed by atoms with Gasteiger partial charge >= 0.3 is 0 Å². The molecule has 0 amide bonds. The first-order chi connectivity index (χ1) is 55.8. The zero-order chi connectivity index (χ0) is 86.0. The zero-order valence-corrected chi connectivity index (χ0v) is 75.1. The van der Waals surface area contributed by atoms with Gasteiger partial charge < -0.3 is 49.6 Å². The van der Waals surface area contributed by atoms with Crippen LogP contribution in [0.1, 0.15) is 277 Å². The van der Waals surface area contributed by atoms with E-state index >= 15 is 0 Å². The van der Waals surface area contributed by atoms with Crippen LogP contribution < -0.4 is 9.47 Å².